The van der Waals surface area contributed by atoms with Gasteiger partial charge in [-0.05, 0) is 55.7 Å². The van der Waals surface area contributed by atoms with Crippen LogP contribution in [0.5, 0.6) is 0 Å². The van der Waals surface area contributed by atoms with Crippen molar-refractivity contribution < 1.29 is 4.79 Å². The van der Waals surface area contributed by atoms with Gasteiger partial charge in [0.15, 0.2) is 5.82 Å². The molecular weight excluding hydrogens is 364 g/mol. The van der Waals surface area contributed by atoms with Crippen LogP contribution in [-0.4, -0.2) is 29.3 Å². The van der Waals surface area contributed by atoms with E-state index in [1.807, 2.05) is 61.5 Å². The summed E-state index contributed by atoms with van der Waals surface area (Å²) in [5.74, 6) is 0.701. The Labute approximate surface area is 170 Å². The number of nitrogens with one attached hydrogen (secondary N) is 3. The molecule has 4 rings (SSSR count). The first kappa shape index (κ1) is 18.7. The number of benzene rings is 2. The van der Waals surface area contributed by atoms with Crippen molar-refractivity contribution in [3.8, 4) is 0 Å². The van der Waals surface area contributed by atoms with E-state index in [0.29, 0.717) is 11.5 Å². The summed E-state index contributed by atoms with van der Waals surface area (Å²) in [6.07, 6.45) is 4.24. The fourth-order valence-electron chi connectivity index (χ4n) is 3.35. The Hall–Kier alpha value is -3.61. The maximum absolute atomic E-state index is 12.2. The van der Waals surface area contributed by atoms with Crippen molar-refractivity contribution in [3.63, 3.8) is 0 Å². The zero-order valence-corrected chi connectivity index (χ0v) is 16.4. The largest absolute Gasteiger partial charge is 0.370 e. The molecule has 1 aliphatic heterocycles. The number of aryl methyl sites for hydroxylation is 1. The SMILES string of the molecule is Cc1ccccc1NC(=O)Nc1ccc(Nc2cc(N3CCCC3)cnn2)cc1. The minimum absolute atomic E-state index is 0.274. The lowest BCUT2D eigenvalue weighted by Crippen LogP contribution is -2.19. The van der Waals surface area contributed by atoms with Gasteiger partial charge in [-0.15, -0.1) is 5.10 Å². The number of anilines is 5. The van der Waals surface area contributed by atoms with Crippen LogP contribution in [0, 0.1) is 6.92 Å². The van der Waals surface area contributed by atoms with Crippen molar-refractivity contribution in [2.75, 3.05) is 33.9 Å². The Morgan fingerprint density at radius 1 is 0.966 bits per heavy atom. The minimum atomic E-state index is -0.274. The molecule has 2 aromatic carbocycles. The van der Waals surface area contributed by atoms with E-state index < -0.39 is 0 Å². The van der Waals surface area contributed by atoms with Crippen LogP contribution in [0.4, 0.5) is 33.4 Å². The van der Waals surface area contributed by atoms with Crippen LogP contribution >= 0.6 is 0 Å². The predicted molar refractivity (Wildman–Crippen MR) is 117 cm³/mol. The van der Waals surface area contributed by atoms with Crippen LogP contribution in [0.25, 0.3) is 0 Å². The van der Waals surface area contributed by atoms with Gasteiger partial charge < -0.3 is 20.9 Å². The van der Waals surface area contributed by atoms with Gasteiger partial charge in [0, 0.05) is 36.2 Å². The maximum Gasteiger partial charge on any atom is 0.323 e. The topological polar surface area (TPSA) is 82.2 Å². The molecule has 0 spiro atoms. The lowest BCUT2D eigenvalue weighted by Gasteiger charge is -2.17. The molecule has 7 nitrogen and oxygen atoms in total. The van der Waals surface area contributed by atoms with Crippen molar-refractivity contribution in [1.82, 2.24) is 10.2 Å². The first-order valence-electron chi connectivity index (χ1n) is 9.76. The summed E-state index contributed by atoms with van der Waals surface area (Å²) in [6.45, 7) is 4.09. The van der Waals surface area contributed by atoms with Crippen molar-refractivity contribution in [2.24, 2.45) is 0 Å². The molecule has 0 unspecified atom stereocenters. The average molecular weight is 388 g/mol. The fourth-order valence-corrected chi connectivity index (χ4v) is 3.35. The van der Waals surface area contributed by atoms with E-state index in [1.165, 1.54) is 12.8 Å². The van der Waals surface area contributed by atoms with Gasteiger partial charge in [0.05, 0.1) is 11.9 Å². The van der Waals surface area contributed by atoms with Crippen LogP contribution in [0.3, 0.4) is 0 Å². The van der Waals surface area contributed by atoms with Crippen LogP contribution in [-0.2, 0) is 0 Å². The van der Waals surface area contributed by atoms with E-state index in [-0.39, 0.29) is 6.03 Å². The summed E-state index contributed by atoms with van der Waals surface area (Å²) < 4.78 is 0. The van der Waals surface area contributed by atoms with Gasteiger partial charge >= 0.3 is 6.03 Å². The van der Waals surface area contributed by atoms with E-state index in [0.717, 1.165) is 35.7 Å². The van der Waals surface area contributed by atoms with E-state index in [1.54, 1.807) is 6.20 Å². The molecule has 0 radical (unpaired) electrons. The molecule has 1 saturated heterocycles. The molecule has 7 heteroatoms. The van der Waals surface area contributed by atoms with E-state index in [4.69, 9.17) is 0 Å². The summed E-state index contributed by atoms with van der Waals surface area (Å²) >= 11 is 0. The molecule has 1 aliphatic rings. The number of urea groups is 1. The second kappa shape index (κ2) is 8.60. The van der Waals surface area contributed by atoms with Crippen LogP contribution < -0.4 is 20.9 Å². The van der Waals surface area contributed by atoms with Gasteiger partial charge in [0.1, 0.15) is 0 Å². The van der Waals surface area contributed by atoms with E-state index in [2.05, 4.69) is 31.0 Å². The smallest absolute Gasteiger partial charge is 0.323 e. The molecule has 0 aliphatic carbocycles. The molecule has 1 aromatic heterocycles. The highest BCUT2D eigenvalue weighted by Crippen LogP contribution is 2.23. The van der Waals surface area contributed by atoms with Gasteiger partial charge in [-0.1, -0.05) is 18.2 Å². The van der Waals surface area contributed by atoms with Crippen molar-refractivity contribution in [3.05, 3.63) is 66.4 Å². The number of aromatic nitrogens is 2. The second-order valence-corrected chi connectivity index (χ2v) is 7.09. The van der Waals surface area contributed by atoms with Crippen LogP contribution in [0.1, 0.15) is 18.4 Å². The normalized spacial score (nSPS) is 13.2. The van der Waals surface area contributed by atoms with Gasteiger partial charge in [0.2, 0.25) is 0 Å². The van der Waals surface area contributed by atoms with Crippen LogP contribution in [0.2, 0.25) is 0 Å². The summed E-state index contributed by atoms with van der Waals surface area (Å²) in [5.41, 5.74) is 4.48. The molecule has 2 heterocycles. The summed E-state index contributed by atoms with van der Waals surface area (Å²) in [6, 6.07) is 16.9. The van der Waals surface area contributed by atoms with Gasteiger partial charge in [-0.3, -0.25) is 0 Å². The number of rotatable bonds is 5. The Balaban J connectivity index is 1.36. The average Bonchev–Trinajstić information content (AvgIpc) is 3.26. The maximum atomic E-state index is 12.2. The standard InChI is InChI=1S/C22H24N6O/c1-16-6-2-3-7-20(16)26-22(29)25-18-10-8-17(9-11-18)24-21-14-19(15-23-27-21)28-12-4-5-13-28/h2-3,6-11,14-15H,4-5,12-13H2,1H3,(H,24,27)(H2,25,26,29). The fraction of sp³-hybridized carbons (Fsp3) is 0.227. The monoisotopic (exact) mass is 388 g/mol. The number of amides is 2. The van der Waals surface area contributed by atoms with E-state index >= 15 is 0 Å². The molecule has 0 atom stereocenters. The molecular formula is C22H24N6O. The van der Waals surface area contributed by atoms with Gasteiger partial charge in [0.25, 0.3) is 0 Å². The Kier molecular flexibility index (Phi) is 5.56. The molecule has 3 N–H and O–H groups in total. The highest BCUT2D eigenvalue weighted by atomic mass is 16.2. The lowest BCUT2D eigenvalue weighted by atomic mass is 10.2. The van der Waals surface area contributed by atoms with Crippen LogP contribution in [0.15, 0.2) is 60.8 Å². The quantitative estimate of drug-likeness (QED) is 0.586. The number of hydrogen-bond acceptors (Lipinski definition) is 5. The number of hydrogen-bond donors (Lipinski definition) is 3. The van der Waals surface area contributed by atoms with Crippen molar-refractivity contribution >= 4 is 34.6 Å². The molecule has 29 heavy (non-hydrogen) atoms. The van der Waals surface area contributed by atoms with Gasteiger partial charge in [-0.2, -0.15) is 5.10 Å². The molecule has 148 valence electrons. The molecule has 0 bridgehead atoms. The van der Waals surface area contributed by atoms with Crippen molar-refractivity contribution in [1.29, 1.82) is 0 Å². The van der Waals surface area contributed by atoms with Gasteiger partial charge in [-0.25, -0.2) is 4.79 Å². The molecule has 1 fully saturated rings. The summed E-state index contributed by atoms with van der Waals surface area (Å²) in [4.78, 5) is 14.5. The lowest BCUT2D eigenvalue weighted by molar-refractivity contribution is 0.262. The summed E-state index contributed by atoms with van der Waals surface area (Å²) in [5, 5.41) is 17.2. The third kappa shape index (κ3) is 4.82. The number of nitrogens with zero attached hydrogens (tertiary/aromatic N) is 3. The van der Waals surface area contributed by atoms with Crippen molar-refractivity contribution in [2.45, 2.75) is 19.8 Å². The summed E-state index contributed by atoms with van der Waals surface area (Å²) in [7, 11) is 0. The minimum Gasteiger partial charge on any atom is -0.370 e. The Morgan fingerprint density at radius 2 is 1.69 bits per heavy atom. The highest BCUT2D eigenvalue weighted by molar-refractivity contribution is 6.00. The Morgan fingerprint density at radius 3 is 2.45 bits per heavy atom. The first-order valence-corrected chi connectivity index (χ1v) is 9.76. The second-order valence-electron chi connectivity index (χ2n) is 7.09. The zero-order chi connectivity index (χ0) is 20.1. The molecule has 0 saturated carbocycles. The predicted octanol–water partition coefficient (Wildman–Crippen LogP) is 4.77. The first-order chi connectivity index (χ1) is 14.2. The molecule has 3 aromatic rings. The molecule has 2 amide bonds. The Bertz CT molecular complexity index is 983. The number of carbonyl (C=O) groups is 1. The zero-order valence-electron chi connectivity index (χ0n) is 16.4. The third-order valence-corrected chi connectivity index (χ3v) is 4.92. The third-order valence-electron chi connectivity index (χ3n) is 4.92. The highest BCUT2D eigenvalue weighted by Gasteiger charge is 2.13. The van der Waals surface area contributed by atoms with E-state index in [9.17, 15) is 4.79 Å². The number of para-hydroxylation sites is 1. The number of carbonyl (C=O) groups excluding carboxylic acids is 1.